The predicted octanol–water partition coefficient (Wildman–Crippen LogP) is 1.50. The lowest BCUT2D eigenvalue weighted by Crippen LogP contribution is -2.55. The summed E-state index contributed by atoms with van der Waals surface area (Å²) < 4.78 is 51.3. The maximum Gasteiger partial charge on any atom is 0.267 e. The highest BCUT2D eigenvalue weighted by Gasteiger charge is 2.35. The summed E-state index contributed by atoms with van der Waals surface area (Å²) in [5.41, 5.74) is 0. The second kappa shape index (κ2) is 7.40. The third-order valence-electron chi connectivity index (χ3n) is 4.77. The van der Waals surface area contributed by atoms with E-state index >= 15 is 0 Å². The van der Waals surface area contributed by atoms with Gasteiger partial charge in [-0.15, -0.1) is 0 Å². The van der Waals surface area contributed by atoms with Crippen molar-refractivity contribution in [1.29, 1.82) is 0 Å². The predicted molar refractivity (Wildman–Crippen MR) is 98.1 cm³/mol. The van der Waals surface area contributed by atoms with Gasteiger partial charge in [0.25, 0.3) is 5.91 Å². The number of nitrogens with zero attached hydrogens (tertiary/aromatic N) is 2. The maximum atomic E-state index is 13.4. The van der Waals surface area contributed by atoms with Gasteiger partial charge in [0.2, 0.25) is 16.1 Å². The Bertz CT molecular complexity index is 989. The number of hydrogen-bond donors (Lipinski definition) is 0. The summed E-state index contributed by atoms with van der Waals surface area (Å²) in [7, 11) is -3.80. The summed E-state index contributed by atoms with van der Waals surface area (Å²) >= 11 is 0. The van der Waals surface area contributed by atoms with Crippen LogP contribution in [0.15, 0.2) is 53.4 Å². The van der Waals surface area contributed by atoms with Crippen LogP contribution >= 0.6 is 0 Å². The molecule has 0 aromatic heterocycles. The van der Waals surface area contributed by atoms with Crippen molar-refractivity contribution in [2.75, 3.05) is 32.8 Å². The van der Waals surface area contributed by atoms with E-state index in [1.807, 2.05) is 6.07 Å². The van der Waals surface area contributed by atoms with Crippen molar-refractivity contribution in [2.45, 2.75) is 11.0 Å². The number of hydrogen-bond acceptors (Lipinski definition) is 5. The molecule has 1 unspecified atom stereocenters. The summed E-state index contributed by atoms with van der Waals surface area (Å²) in [5.74, 6) is 0.263. The average molecular weight is 406 g/mol. The summed E-state index contributed by atoms with van der Waals surface area (Å²) in [6.07, 6.45) is -0.763. The summed E-state index contributed by atoms with van der Waals surface area (Å²) in [6, 6.07) is 12.0. The minimum Gasteiger partial charge on any atom is -0.485 e. The topological polar surface area (TPSA) is 76.2 Å². The van der Waals surface area contributed by atoms with Crippen LogP contribution in [0, 0.1) is 5.82 Å². The highest BCUT2D eigenvalue weighted by Crippen LogP contribution is 2.31. The van der Waals surface area contributed by atoms with Gasteiger partial charge in [-0.2, -0.15) is 4.31 Å². The quantitative estimate of drug-likeness (QED) is 0.772. The van der Waals surface area contributed by atoms with Gasteiger partial charge in [0, 0.05) is 26.2 Å². The fraction of sp³-hybridized carbons (Fsp3) is 0.316. The van der Waals surface area contributed by atoms with Crippen molar-refractivity contribution in [1.82, 2.24) is 9.21 Å². The molecule has 28 heavy (non-hydrogen) atoms. The first kappa shape index (κ1) is 18.7. The minimum absolute atomic E-state index is 0.0899. The van der Waals surface area contributed by atoms with Gasteiger partial charge in [-0.1, -0.05) is 18.2 Å². The molecule has 2 aliphatic rings. The van der Waals surface area contributed by atoms with Crippen LogP contribution in [0.2, 0.25) is 0 Å². The number of ether oxygens (including phenoxy) is 2. The smallest absolute Gasteiger partial charge is 0.267 e. The lowest BCUT2D eigenvalue weighted by atomic mass is 10.2. The summed E-state index contributed by atoms with van der Waals surface area (Å²) in [6.45, 7) is 0.838. The molecule has 7 nitrogen and oxygen atoms in total. The van der Waals surface area contributed by atoms with E-state index in [1.165, 1.54) is 22.5 Å². The zero-order chi connectivity index (χ0) is 19.7. The number of para-hydroxylation sites is 2. The largest absolute Gasteiger partial charge is 0.485 e. The van der Waals surface area contributed by atoms with E-state index in [0.717, 1.165) is 6.07 Å². The van der Waals surface area contributed by atoms with Crippen LogP contribution in [0.4, 0.5) is 4.39 Å². The average Bonchev–Trinajstić information content (AvgIpc) is 2.73. The molecule has 2 aromatic rings. The second-order valence-corrected chi connectivity index (χ2v) is 8.49. The van der Waals surface area contributed by atoms with Crippen molar-refractivity contribution in [3.8, 4) is 11.5 Å². The van der Waals surface area contributed by atoms with Crippen LogP contribution in [-0.2, 0) is 14.8 Å². The lowest BCUT2D eigenvalue weighted by Gasteiger charge is -2.36. The first-order valence-corrected chi connectivity index (χ1v) is 10.3. The lowest BCUT2D eigenvalue weighted by molar-refractivity contribution is -0.142. The third-order valence-corrected chi connectivity index (χ3v) is 6.66. The molecule has 1 fully saturated rings. The van der Waals surface area contributed by atoms with Crippen molar-refractivity contribution in [3.63, 3.8) is 0 Å². The number of benzene rings is 2. The Hall–Kier alpha value is -2.65. The van der Waals surface area contributed by atoms with Crippen LogP contribution in [0.3, 0.4) is 0 Å². The molecule has 0 spiro atoms. The van der Waals surface area contributed by atoms with Gasteiger partial charge < -0.3 is 14.4 Å². The Morgan fingerprint density at radius 2 is 1.71 bits per heavy atom. The molecule has 1 saturated heterocycles. The van der Waals surface area contributed by atoms with Gasteiger partial charge in [0.1, 0.15) is 12.4 Å². The van der Waals surface area contributed by atoms with Crippen molar-refractivity contribution in [3.05, 3.63) is 54.3 Å². The SMILES string of the molecule is O=C(C1COc2ccccc2O1)N1CCN(S(=O)(=O)c2cccc(F)c2)CC1. The Balaban J connectivity index is 1.40. The number of rotatable bonds is 3. The first-order valence-electron chi connectivity index (χ1n) is 8.88. The molecule has 0 radical (unpaired) electrons. The van der Waals surface area contributed by atoms with E-state index in [2.05, 4.69) is 0 Å². The van der Waals surface area contributed by atoms with Crippen molar-refractivity contribution < 1.29 is 27.1 Å². The van der Waals surface area contributed by atoms with Gasteiger partial charge in [-0.3, -0.25) is 4.79 Å². The number of piperazine rings is 1. The molecule has 0 aliphatic carbocycles. The molecule has 0 saturated carbocycles. The van der Waals surface area contributed by atoms with Gasteiger partial charge in [-0.25, -0.2) is 12.8 Å². The van der Waals surface area contributed by atoms with Crippen LogP contribution in [0.5, 0.6) is 11.5 Å². The third kappa shape index (κ3) is 3.55. The Morgan fingerprint density at radius 3 is 2.43 bits per heavy atom. The van der Waals surface area contributed by atoms with Crippen LogP contribution < -0.4 is 9.47 Å². The fourth-order valence-electron chi connectivity index (χ4n) is 3.27. The minimum atomic E-state index is -3.80. The Labute approximate surface area is 162 Å². The molecule has 148 valence electrons. The monoisotopic (exact) mass is 406 g/mol. The molecular formula is C19H19FN2O5S. The van der Waals surface area contributed by atoms with Gasteiger partial charge in [0.05, 0.1) is 4.90 Å². The van der Waals surface area contributed by atoms with E-state index < -0.39 is 21.9 Å². The highest BCUT2D eigenvalue weighted by atomic mass is 32.2. The zero-order valence-electron chi connectivity index (χ0n) is 15.0. The molecule has 1 amide bonds. The van der Waals surface area contributed by atoms with Crippen LogP contribution in [0.25, 0.3) is 0 Å². The van der Waals surface area contributed by atoms with E-state index in [-0.39, 0.29) is 43.6 Å². The Kier molecular flexibility index (Phi) is 4.94. The van der Waals surface area contributed by atoms with Crippen LogP contribution in [0.1, 0.15) is 0 Å². The molecule has 4 rings (SSSR count). The van der Waals surface area contributed by atoms with E-state index in [0.29, 0.717) is 11.5 Å². The molecule has 2 aromatic carbocycles. The number of carbonyl (C=O) groups excluding carboxylic acids is 1. The van der Waals surface area contributed by atoms with Crippen LogP contribution in [-0.4, -0.2) is 62.4 Å². The normalized spacial score (nSPS) is 20.0. The molecule has 2 heterocycles. The number of sulfonamides is 1. The molecule has 0 bridgehead atoms. The molecule has 1 atom stereocenters. The molecular weight excluding hydrogens is 387 g/mol. The van der Waals surface area contributed by atoms with E-state index in [1.54, 1.807) is 23.1 Å². The first-order chi connectivity index (χ1) is 13.4. The maximum absolute atomic E-state index is 13.4. The Morgan fingerprint density at radius 1 is 1.00 bits per heavy atom. The fourth-order valence-corrected chi connectivity index (χ4v) is 4.72. The highest BCUT2D eigenvalue weighted by molar-refractivity contribution is 7.89. The molecule has 2 aliphatic heterocycles. The summed E-state index contributed by atoms with van der Waals surface area (Å²) in [5, 5.41) is 0. The number of fused-ring (bicyclic) bond motifs is 1. The van der Waals surface area contributed by atoms with Gasteiger partial charge in [0.15, 0.2) is 11.5 Å². The number of halogens is 1. The van der Waals surface area contributed by atoms with Crippen molar-refractivity contribution in [2.24, 2.45) is 0 Å². The number of amides is 1. The van der Waals surface area contributed by atoms with E-state index in [9.17, 15) is 17.6 Å². The summed E-state index contributed by atoms with van der Waals surface area (Å²) in [4.78, 5) is 14.2. The standard InChI is InChI=1S/C19H19FN2O5S/c20-14-4-3-5-15(12-14)28(24,25)22-10-8-21(9-11-22)19(23)18-13-26-16-6-1-2-7-17(16)27-18/h1-7,12,18H,8-11,13H2. The molecule has 9 heteroatoms. The van der Waals surface area contributed by atoms with Gasteiger partial charge >= 0.3 is 0 Å². The van der Waals surface area contributed by atoms with E-state index in [4.69, 9.17) is 9.47 Å². The zero-order valence-corrected chi connectivity index (χ0v) is 15.8. The second-order valence-electron chi connectivity index (χ2n) is 6.55. The number of carbonyl (C=O) groups is 1. The van der Waals surface area contributed by atoms with Crippen molar-refractivity contribution >= 4 is 15.9 Å². The molecule has 0 N–H and O–H groups in total. The van der Waals surface area contributed by atoms with Gasteiger partial charge in [-0.05, 0) is 30.3 Å².